The summed E-state index contributed by atoms with van der Waals surface area (Å²) in [5.74, 6) is -0.186. The van der Waals surface area contributed by atoms with E-state index in [1.807, 2.05) is 6.07 Å². The van der Waals surface area contributed by atoms with Gasteiger partial charge in [-0.25, -0.2) is 14.4 Å². The first-order chi connectivity index (χ1) is 12.9. The topological polar surface area (TPSA) is 158 Å². The van der Waals surface area contributed by atoms with Gasteiger partial charge in [-0.2, -0.15) is 10.5 Å². The molecule has 0 radical (unpaired) electrons. The molecule has 27 heavy (non-hydrogen) atoms. The van der Waals surface area contributed by atoms with Crippen LogP contribution in [0.2, 0.25) is 0 Å². The van der Waals surface area contributed by atoms with Crippen molar-refractivity contribution in [1.82, 2.24) is 10.3 Å². The molecule has 1 atom stereocenters. The lowest BCUT2D eigenvalue weighted by molar-refractivity contribution is 0.407. The molecule has 1 unspecified atom stereocenters. The summed E-state index contributed by atoms with van der Waals surface area (Å²) < 4.78 is 20.4. The number of aromatic nitrogens is 1. The van der Waals surface area contributed by atoms with E-state index in [4.69, 9.17) is 21.5 Å². The van der Waals surface area contributed by atoms with Crippen molar-refractivity contribution >= 4 is 39.2 Å². The zero-order valence-corrected chi connectivity index (χ0v) is 15.4. The number of nitrogens with one attached hydrogen (secondary N) is 2. The van der Waals surface area contributed by atoms with Crippen molar-refractivity contribution in [1.29, 1.82) is 10.5 Å². The highest BCUT2D eigenvalue weighted by atomic mass is 79.9. The number of hydrogen-bond donors (Lipinski definition) is 4. The maximum atomic E-state index is 14.8. The van der Waals surface area contributed by atoms with Crippen LogP contribution in [-0.2, 0) is 0 Å². The molecule has 0 bridgehead atoms. The number of nitrogens with two attached hydrogens (primary N) is 2. The lowest BCUT2D eigenvalue weighted by atomic mass is 9.94. The number of benzene rings is 1. The average molecular weight is 431 g/mol. The van der Waals surface area contributed by atoms with Crippen LogP contribution in [0.1, 0.15) is 22.7 Å². The van der Waals surface area contributed by atoms with E-state index in [1.165, 1.54) is 19.2 Å². The minimum absolute atomic E-state index is 0.0274. The Morgan fingerprint density at radius 1 is 1.37 bits per heavy atom. The molecule has 3 rings (SSSR count). The first-order valence-corrected chi connectivity index (χ1v) is 8.22. The predicted molar refractivity (Wildman–Crippen MR) is 100 cm³/mol. The van der Waals surface area contributed by atoms with E-state index in [2.05, 4.69) is 36.5 Å². The quantitative estimate of drug-likeness (QED) is 0.415. The van der Waals surface area contributed by atoms with Crippen LogP contribution in [-0.4, -0.2) is 18.1 Å². The molecular weight excluding hydrogens is 419 g/mol. The Labute approximate surface area is 161 Å². The van der Waals surface area contributed by atoms with Gasteiger partial charge < -0.3 is 21.5 Å². The number of guanidine groups is 1. The van der Waals surface area contributed by atoms with Gasteiger partial charge in [-0.3, -0.25) is 5.32 Å². The molecule has 1 aliphatic heterocycles. The number of fused-ring (bicyclic) bond motifs is 1. The van der Waals surface area contributed by atoms with E-state index in [1.54, 1.807) is 6.19 Å². The Bertz CT molecular complexity index is 1060. The first-order valence-electron chi connectivity index (χ1n) is 7.43. The summed E-state index contributed by atoms with van der Waals surface area (Å²) in [5.41, 5.74) is 12.3. The minimum atomic E-state index is -0.973. The molecule has 136 valence electrons. The van der Waals surface area contributed by atoms with E-state index in [-0.39, 0.29) is 40.0 Å². The highest BCUT2D eigenvalue weighted by Gasteiger charge is 2.31. The molecule has 0 saturated heterocycles. The number of methoxy groups -OCH3 is 1. The summed E-state index contributed by atoms with van der Waals surface area (Å²) in [5, 5.41) is 23.3. The Balaban J connectivity index is 2.29. The molecule has 0 saturated carbocycles. The molecule has 11 heteroatoms. The number of hydrogen-bond acceptors (Lipinski definition) is 9. The zero-order chi connectivity index (χ0) is 19.7. The van der Waals surface area contributed by atoms with Crippen molar-refractivity contribution in [2.75, 3.05) is 23.9 Å². The molecule has 0 spiro atoms. The van der Waals surface area contributed by atoms with E-state index in [0.29, 0.717) is 10.2 Å². The normalized spacial score (nSPS) is 14.9. The predicted octanol–water partition coefficient (Wildman–Crippen LogP) is 1.97. The van der Waals surface area contributed by atoms with Crippen molar-refractivity contribution in [3.05, 3.63) is 39.1 Å². The third-order valence-corrected chi connectivity index (χ3v) is 4.54. The Hall–Kier alpha value is -3.57. The monoisotopic (exact) mass is 430 g/mol. The van der Waals surface area contributed by atoms with Crippen LogP contribution in [0.4, 0.5) is 21.7 Å². The van der Waals surface area contributed by atoms with Crippen LogP contribution in [0.5, 0.6) is 5.75 Å². The molecule has 0 aliphatic carbocycles. The first kappa shape index (κ1) is 18.2. The van der Waals surface area contributed by atoms with Crippen LogP contribution >= 0.6 is 15.9 Å². The molecule has 0 fully saturated rings. The van der Waals surface area contributed by atoms with Gasteiger partial charge in [0.15, 0.2) is 6.19 Å². The Kier molecular flexibility index (Phi) is 4.71. The van der Waals surface area contributed by atoms with E-state index in [0.717, 1.165) is 0 Å². The van der Waals surface area contributed by atoms with Crippen LogP contribution in [0.3, 0.4) is 0 Å². The Morgan fingerprint density at radius 2 is 2.11 bits per heavy atom. The van der Waals surface area contributed by atoms with Crippen molar-refractivity contribution in [2.24, 2.45) is 4.99 Å². The van der Waals surface area contributed by atoms with Gasteiger partial charge in [0, 0.05) is 17.2 Å². The largest absolute Gasteiger partial charge is 0.495 e. The molecular formula is C16H12BrFN8O. The van der Waals surface area contributed by atoms with Crippen LogP contribution in [0, 0.1) is 28.6 Å². The zero-order valence-electron chi connectivity index (χ0n) is 13.8. The number of anilines is 3. The van der Waals surface area contributed by atoms with Gasteiger partial charge in [0.25, 0.3) is 0 Å². The average Bonchev–Trinajstić information content (AvgIpc) is 2.63. The number of ether oxygens (including phenoxy) is 1. The SMILES string of the molecule is COc1cc(F)c(C2N=C(NC#N)Nc3nc(N)c(C#N)c(N)c32)cc1Br. The fourth-order valence-corrected chi connectivity index (χ4v) is 3.24. The van der Waals surface area contributed by atoms with Gasteiger partial charge in [-0.1, -0.05) is 0 Å². The molecule has 0 amide bonds. The van der Waals surface area contributed by atoms with Gasteiger partial charge in [0.05, 0.1) is 17.3 Å². The third-order valence-electron chi connectivity index (χ3n) is 3.92. The van der Waals surface area contributed by atoms with Gasteiger partial charge in [-0.15, -0.1) is 0 Å². The number of nitrogen functional groups attached to an aromatic ring is 2. The fraction of sp³-hybridized carbons (Fsp3) is 0.125. The van der Waals surface area contributed by atoms with E-state index >= 15 is 0 Å². The number of halogens is 2. The smallest absolute Gasteiger partial charge is 0.211 e. The molecule has 1 aromatic carbocycles. The number of nitriles is 2. The van der Waals surface area contributed by atoms with Gasteiger partial charge >= 0.3 is 0 Å². The second-order valence-electron chi connectivity index (χ2n) is 5.41. The van der Waals surface area contributed by atoms with E-state index < -0.39 is 11.9 Å². The molecule has 9 nitrogen and oxygen atoms in total. The van der Waals surface area contributed by atoms with Crippen molar-refractivity contribution < 1.29 is 9.13 Å². The summed E-state index contributed by atoms with van der Waals surface area (Å²) in [4.78, 5) is 8.42. The van der Waals surface area contributed by atoms with E-state index in [9.17, 15) is 9.65 Å². The van der Waals surface area contributed by atoms with Gasteiger partial charge in [0.2, 0.25) is 5.96 Å². The second-order valence-corrected chi connectivity index (χ2v) is 6.26. The number of rotatable bonds is 2. The molecule has 2 heterocycles. The minimum Gasteiger partial charge on any atom is -0.495 e. The second kappa shape index (κ2) is 6.97. The van der Waals surface area contributed by atoms with Crippen LogP contribution in [0.25, 0.3) is 0 Å². The van der Waals surface area contributed by atoms with Crippen LogP contribution < -0.4 is 26.8 Å². The van der Waals surface area contributed by atoms with Crippen molar-refractivity contribution in [3.63, 3.8) is 0 Å². The third kappa shape index (κ3) is 3.05. The molecule has 1 aliphatic rings. The lowest BCUT2D eigenvalue weighted by Gasteiger charge is -2.26. The standard InChI is InChI=1S/C16H12BrFN8O/c1-27-10-3-9(18)6(2-8(10)17)13-11-12(21)7(4-19)14(22)25-15(11)26-16(24-13)23-5-20/h2-3,13H,1H3,(H6,21,22,23,24,25,26). The summed E-state index contributed by atoms with van der Waals surface area (Å²) in [6.07, 6.45) is 1.73. The van der Waals surface area contributed by atoms with Crippen LogP contribution in [0.15, 0.2) is 21.6 Å². The summed E-state index contributed by atoms with van der Waals surface area (Å²) in [7, 11) is 1.41. The van der Waals surface area contributed by atoms with Crippen molar-refractivity contribution in [2.45, 2.75) is 6.04 Å². The number of nitrogens with zero attached hydrogens (tertiary/aromatic N) is 4. The highest BCUT2D eigenvalue weighted by Crippen LogP contribution is 2.42. The maximum Gasteiger partial charge on any atom is 0.211 e. The lowest BCUT2D eigenvalue weighted by Crippen LogP contribution is -2.33. The molecule has 2 aromatic rings. The Morgan fingerprint density at radius 3 is 2.74 bits per heavy atom. The molecule has 1 aromatic heterocycles. The van der Waals surface area contributed by atoms with Gasteiger partial charge in [-0.05, 0) is 22.0 Å². The molecule has 6 N–H and O–H groups in total. The maximum absolute atomic E-state index is 14.8. The van der Waals surface area contributed by atoms with Crippen molar-refractivity contribution in [3.8, 4) is 18.0 Å². The van der Waals surface area contributed by atoms with Gasteiger partial charge in [0.1, 0.15) is 40.9 Å². The summed E-state index contributed by atoms with van der Waals surface area (Å²) in [6, 6.07) is 3.60. The summed E-state index contributed by atoms with van der Waals surface area (Å²) in [6.45, 7) is 0. The number of pyridine rings is 1. The summed E-state index contributed by atoms with van der Waals surface area (Å²) >= 11 is 3.31. The highest BCUT2D eigenvalue weighted by molar-refractivity contribution is 9.10. The fourth-order valence-electron chi connectivity index (χ4n) is 2.72. The number of aliphatic imine (C=N–C) groups is 1.